The molecule has 19 heavy (non-hydrogen) atoms. The lowest BCUT2D eigenvalue weighted by atomic mass is 10.2. The summed E-state index contributed by atoms with van der Waals surface area (Å²) in [5, 5.41) is 3.32. The SMILES string of the molecule is CCCOc1ccnc(NCC2CCCN2CC)n1. The number of hydrogen-bond acceptors (Lipinski definition) is 5. The van der Waals surface area contributed by atoms with E-state index < -0.39 is 0 Å². The molecular weight excluding hydrogens is 240 g/mol. The summed E-state index contributed by atoms with van der Waals surface area (Å²) in [5.41, 5.74) is 0. The lowest BCUT2D eigenvalue weighted by Gasteiger charge is -2.22. The van der Waals surface area contributed by atoms with Gasteiger partial charge in [0.05, 0.1) is 6.61 Å². The van der Waals surface area contributed by atoms with Gasteiger partial charge >= 0.3 is 0 Å². The molecule has 1 saturated heterocycles. The molecule has 1 fully saturated rings. The van der Waals surface area contributed by atoms with Crippen LogP contribution in [0.15, 0.2) is 12.3 Å². The first kappa shape index (κ1) is 14.1. The van der Waals surface area contributed by atoms with Crippen LogP contribution in [0.1, 0.15) is 33.1 Å². The number of nitrogens with one attached hydrogen (secondary N) is 1. The van der Waals surface area contributed by atoms with E-state index in [4.69, 9.17) is 4.74 Å². The van der Waals surface area contributed by atoms with Gasteiger partial charge in [-0.05, 0) is 32.4 Å². The van der Waals surface area contributed by atoms with Crippen molar-refractivity contribution in [2.24, 2.45) is 0 Å². The highest BCUT2D eigenvalue weighted by molar-refractivity contribution is 5.27. The lowest BCUT2D eigenvalue weighted by molar-refractivity contribution is 0.276. The number of aromatic nitrogens is 2. The van der Waals surface area contributed by atoms with Crippen molar-refractivity contribution in [1.29, 1.82) is 0 Å². The van der Waals surface area contributed by atoms with Crippen molar-refractivity contribution in [2.75, 3.05) is 31.6 Å². The van der Waals surface area contributed by atoms with Gasteiger partial charge in [0.1, 0.15) is 0 Å². The van der Waals surface area contributed by atoms with E-state index >= 15 is 0 Å². The van der Waals surface area contributed by atoms with Crippen molar-refractivity contribution in [3.8, 4) is 5.88 Å². The third-order valence-corrected chi connectivity index (χ3v) is 3.49. The first-order valence-electron chi connectivity index (χ1n) is 7.27. The van der Waals surface area contributed by atoms with Gasteiger partial charge in [0.25, 0.3) is 0 Å². The molecule has 5 heteroatoms. The number of anilines is 1. The van der Waals surface area contributed by atoms with Crippen molar-refractivity contribution in [3.63, 3.8) is 0 Å². The molecule has 2 rings (SSSR count). The van der Waals surface area contributed by atoms with Crippen LogP contribution in [-0.4, -0.2) is 47.2 Å². The van der Waals surface area contributed by atoms with Crippen LogP contribution < -0.4 is 10.1 Å². The first-order chi connectivity index (χ1) is 9.33. The Morgan fingerprint density at radius 1 is 1.47 bits per heavy atom. The summed E-state index contributed by atoms with van der Waals surface area (Å²) in [5.74, 6) is 1.31. The molecule has 2 heterocycles. The fraction of sp³-hybridized carbons (Fsp3) is 0.714. The van der Waals surface area contributed by atoms with E-state index in [0.717, 1.165) is 19.5 Å². The summed E-state index contributed by atoms with van der Waals surface area (Å²) < 4.78 is 5.51. The minimum Gasteiger partial charge on any atom is -0.478 e. The van der Waals surface area contributed by atoms with Crippen LogP contribution in [0.3, 0.4) is 0 Å². The summed E-state index contributed by atoms with van der Waals surface area (Å²) in [4.78, 5) is 11.1. The van der Waals surface area contributed by atoms with Crippen LogP contribution in [0, 0.1) is 0 Å². The lowest BCUT2D eigenvalue weighted by Crippen LogP contribution is -2.34. The Hall–Kier alpha value is -1.36. The highest BCUT2D eigenvalue weighted by atomic mass is 16.5. The molecule has 0 radical (unpaired) electrons. The number of hydrogen-bond donors (Lipinski definition) is 1. The largest absolute Gasteiger partial charge is 0.478 e. The van der Waals surface area contributed by atoms with Crippen LogP contribution in [0.2, 0.25) is 0 Å². The molecule has 0 aromatic carbocycles. The van der Waals surface area contributed by atoms with Crippen molar-refractivity contribution in [3.05, 3.63) is 12.3 Å². The molecule has 1 atom stereocenters. The fourth-order valence-corrected chi connectivity index (χ4v) is 2.47. The van der Waals surface area contributed by atoms with Gasteiger partial charge in [0.15, 0.2) is 0 Å². The maximum atomic E-state index is 5.51. The number of rotatable bonds is 7. The Labute approximate surface area is 115 Å². The topological polar surface area (TPSA) is 50.3 Å². The standard InChI is InChI=1S/C14H24N4O/c1-3-10-19-13-7-8-15-14(17-13)16-11-12-6-5-9-18(12)4-2/h7-8,12H,3-6,9-11H2,1-2H3,(H,15,16,17). The van der Waals surface area contributed by atoms with Crippen molar-refractivity contribution in [1.82, 2.24) is 14.9 Å². The quantitative estimate of drug-likeness (QED) is 0.818. The molecule has 1 aromatic rings. The van der Waals surface area contributed by atoms with Gasteiger partial charge in [-0.2, -0.15) is 4.98 Å². The van der Waals surface area contributed by atoms with E-state index in [2.05, 4.69) is 34.0 Å². The zero-order valence-corrected chi connectivity index (χ0v) is 11.9. The highest BCUT2D eigenvalue weighted by Gasteiger charge is 2.22. The predicted molar refractivity (Wildman–Crippen MR) is 76.6 cm³/mol. The molecule has 106 valence electrons. The highest BCUT2D eigenvalue weighted by Crippen LogP contribution is 2.17. The van der Waals surface area contributed by atoms with E-state index in [9.17, 15) is 0 Å². The maximum Gasteiger partial charge on any atom is 0.225 e. The molecule has 1 aromatic heterocycles. The second-order valence-electron chi connectivity index (χ2n) is 4.87. The Balaban J connectivity index is 1.85. The van der Waals surface area contributed by atoms with Crippen molar-refractivity contribution in [2.45, 2.75) is 39.2 Å². The molecule has 1 aliphatic heterocycles. The van der Waals surface area contributed by atoms with Crippen molar-refractivity contribution < 1.29 is 4.74 Å². The Bertz CT molecular complexity index is 385. The molecule has 0 bridgehead atoms. The summed E-state index contributed by atoms with van der Waals surface area (Å²) in [7, 11) is 0. The molecular formula is C14H24N4O. The van der Waals surface area contributed by atoms with Crippen LogP contribution in [0.25, 0.3) is 0 Å². The Morgan fingerprint density at radius 3 is 3.16 bits per heavy atom. The van der Waals surface area contributed by atoms with Crippen LogP contribution in [0.5, 0.6) is 5.88 Å². The van der Waals surface area contributed by atoms with E-state index in [1.54, 1.807) is 12.3 Å². The van der Waals surface area contributed by atoms with E-state index in [1.165, 1.54) is 19.4 Å². The molecule has 0 saturated carbocycles. The smallest absolute Gasteiger partial charge is 0.225 e. The molecule has 5 nitrogen and oxygen atoms in total. The Kier molecular flexibility index (Phi) is 5.39. The fourth-order valence-electron chi connectivity index (χ4n) is 2.47. The monoisotopic (exact) mass is 264 g/mol. The number of nitrogens with zero attached hydrogens (tertiary/aromatic N) is 3. The normalized spacial score (nSPS) is 19.6. The average molecular weight is 264 g/mol. The van der Waals surface area contributed by atoms with Gasteiger partial charge in [-0.1, -0.05) is 13.8 Å². The number of likely N-dealkylation sites (N-methyl/N-ethyl adjacent to an activating group) is 1. The minimum atomic E-state index is 0.605. The molecule has 0 amide bonds. The second-order valence-corrected chi connectivity index (χ2v) is 4.87. The van der Waals surface area contributed by atoms with Gasteiger partial charge in [-0.15, -0.1) is 0 Å². The van der Waals surface area contributed by atoms with E-state index in [0.29, 0.717) is 24.5 Å². The van der Waals surface area contributed by atoms with Gasteiger partial charge in [-0.25, -0.2) is 4.98 Å². The Morgan fingerprint density at radius 2 is 2.37 bits per heavy atom. The zero-order valence-electron chi connectivity index (χ0n) is 11.9. The molecule has 1 unspecified atom stereocenters. The van der Waals surface area contributed by atoms with Gasteiger partial charge in [0, 0.05) is 24.8 Å². The average Bonchev–Trinajstić information content (AvgIpc) is 2.91. The van der Waals surface area contributed by atoms with E-state index in [1.807, 2.05) is 0 Å². The summed E-state index contributed by atoms with van der Waals surface area (Å²) in [6, 6.07) is 2.41. The van der Waals surface area contributed by atoms with Crippen LogP contribution in [0.4, 0.5) is 5.95 Å². The van der Waals surface area contributed by atoms with Gasteiger partial charge in [-0.3, -0.25) is 4.90 Å². The number of likely N-dealkylation sites (tertiary alicyclic amines) is 1. The van der Waals surface area contributed by atoms with Crippen molar-refractivity contribution >= 4 is 5.95 Å². The molecule has 0 spiro atoms. The first-order valence-corrected chi connectivity index (χ1v) is 7.27. The second kappa shape index (κ2) is 7.28. The van der Waals surface area contributed by atoms with E-state index in [-0.39, 0.29) is 0 Å². The predicted octanol–water partition coefficient (Wildman–Crippen LogP) is 2.16. The number of ether oxygens (including phenoxy) is 1. The third kappa shape index (κ3) is 4.06. The zero-order chi connectivity index (χ0) is 13.5. The molecule has 1 N–H and O–H groups in total. The summed E-state index contributed by atoms with van der Waals surface area (Å²) in [6.45, 7) is 8.23. The molecule has 1 aliphatic rings. The third-order valence-electron chi connectivity index (χ3n) is 3.49. The van der Waals surface area contributed by atoms with Crippen LogP contribution in [-0.2, 0) is 0 Å². The summed E-state index contributed by atoms with van der Waals surface area (Å²) in [6.07, 6.45) is 5.28. The minimum absolute atomic E-state index is 0.605. The van der Waals surface area contributed by atoms with Gasteiger partial charge in [0.2, 0.25) is 11.8 Å². The maximum absolute atomic E-state index is 5.51. The summed E-state index contributed by atoms with van der Waals surface area (Å²) >= 11 is 0. The van der Waals surface area contributed by atoms with Gasteiger partial charge < -0.3 is 10.1 Å². The van der Waals surface area contributed by atoms with Crippen LogP contribution >= 0.6 is 0 Å². The molecule has 0 aliphatic carbocycles.